The van der Waals surface area contributed by atoms with Crippen LogP contribution in [0.2, 0.25) is 0 Å². The number of carbonyl (C=O) groups is 2. The van der Waals surface area contributed by atoms with Crippen molar-refractivity contribution in [2.45, 2.75) is 12.8 Å². The third-order valence-electron chi connectivity index (χ3n) is 4.43. The zero-order chi connectivity index (χ0) is 17.6. The Morgan fingerprint density at radius 2 is 1.64 bits per heavy atom. The van der Waals surface area contributed by atoms with E-state index < -0.39 is 5.92 Å². The number of Topliss-reactive ketones (excluding diaryl/α,β-unsaturated/α-hetero) is 2. The largest absolute Gasteiger partial charge is 0.494 e. The van der Waals surface area contributed by atoms with Crippen LogP contribution in [-0.2, 0) is 0 Å². The second-order valence-electron chi connectivity index (χ2n) is 5.94. The van der Waals surface area contributed by atoms with E-state index >= 15 is 0 Å². The lowest BCUT2D eigenvalue weighted by Gasteiger charge is -2.10. The van der Waals surface area contributed by atoms with Crippen LogP contribution >= 0.6 is 0 Å². The second-order valence-corrected chi connectivity index (χ2v) is 5.94. The second kappa shape index (κ2) is 5.70. The van der Waals surface area contributed by atoms with Crippen LogP contribution in [0.3, 0.4) is 0 Å². The Kier molecular flexibility index (Phi) is 3.50. The Morgan fingerprint density at radius 3 is 2.28 bits per heavy atom. The Labute approximate surface area is 143 Å². The van der Waals surface area contributed by atoms with Gasteiger partial charge in [0.2, 0.25) is 0 Å². The van der Waals surface area contributed by atoms with Crippen LogP contribution in [0, 0.1) is 0 Å². The number of H-pyrrole nitrogens is 1. The van der Waals surface area contributed by atoms with Gasteiger partial charge in [0.15, 0.2) is 17.0 Å². The van der Waals surface area contributed by atoms with Gasteiger partial charge in [-0.3, -0.25) is 14.4 Å². The molecule has 5 nitrogen and oxygen atoms in total. The number of nitrogens with one attached hydrogen (secondary N) is 1. The van der Waals surface area contributed by atoms with Crippen molar-refractivity contribution in [2.75, 3.05) is 6.61 Å². The summed E-state index contributed by atoms with van der Waals surface area (Å²) in [7, 11) is 0. The Morgan fingerprint density at radius 1 is 0.960 bits per heavy atom. The van der Waals surface area contributed by atoms with Crippen molar-refractivity contribution in [3.05, 3.63) is 75.6 Å². The summed E-state index contributed by atoms with van der Waals surface area (Å²) in [5, 5.41) is 0.463. The van der Waals surface area contributed by atoms with Crippen LogP contribution in [0.4, 0.5) is 0 Å². The molecule has 124 valence electrons. The van der Waals surface area contributed by atoms with E-state index in [-0.39, 0.29) is 17.0 Å². The molecule has 25 heavy (non-hydrogen) atoms. The van der Waals surface area contributed by atoms with Gasteiger partial charge >= 0.3 is 0 Å². The summed E-state index contributed by atoms with van der Waals surface area (Å²) in [6.45, 7) is 2.37. The van der Waals surface area contributed by atoms with Crippen LogP contribution < -0.4 is 10.2 Å². The smallest absolute Gasteiger partial charge is 0.189 e. The minimum Gasteiger partial charge on any atom is -0.494 e. The first kappa shape index (κ1) is 15.3. The first-order chi connectivity index (χ1) is 12.1. The lowest BCUT2D eigenvalue weighted by molar-refractivity contribution is 0.0888. The van der Waals surface area contributed by atoms with E-state index in [1.807, 2.05) is 6.92 Å². The predicted molar refractivity (Wildman–Crippen MR) is 93.6 cm³/mol. The molecule has 0 bridgehead atoms. The average molecular weight is 333 g/mol. The Hall–Kier alpha value is -3.21. The standard InChI is InChI=1S/C20H15NO4/c1-2-25-11-7-8-15-14(9-11)17(22)10-16(21-15)18-19(23)12-5-3-4-6-13(12)20(18)24/h3-10,18H,2H2,1H3,(H,21,22). The molecular weight excluding hydrogens is 318 g/mol. The van der Waals surface area contributed by atoms with E-state index in [0.717, 1.165) is 0 Å². The van der Waals surface area contributed by atoms with E-state index in [1.165, 1.54) is 6.07 Å². The number of carbonyl (C=O) groups excluding carboxylic acids is 2. The van der Waals surface area contributed by atoms with E-state index in [0.29, 0.717) is 40.1 Å². The van der Waals surface area contributed by atoms with Gasteiger partial charge in [-0.15, -0.1) is 0 Å². The quantitative estimate of drug-likeness (QED) is 0.747. The highest BCUT2D eigenvalue weighted by atomic mass is 16.5. The van der Waals surface area contributed by atoms with Crippen molar-refractivity contribution in [3.63, 3.8) is 0 Å². The highest BCUT2D eigenvalue weighted by Crippen LogP contribution is 2.33. The maximum absolute atomic E-state index is 12.6. The molecule has 1 N–H and O–H groups in total. The third-order valence-corrected chi connectivity index (χ3v) is 4.43. The van der Waals surface area contributed by atoms with Crippen molar-refractivity contribution in [1.29, 1.82) is 0 Å². The fourth-order valence-corrected chi connectivity index (χ4v) is 3.28. The van der Waals surface area contributed by atoms with Crippen molar-refractivity contribution in [3.8, 4) is 5.75 Å². The maximum Gasteiger partial charge on any atom is 0.189 e. The molecule has 0 atom stereocenters. The van der Waals surface area contributed by atoms with Gasteiger partial charge < -0.3 is 9.72 Å². The number of hydrogen-bond donors (Lipinski definition) is 1. The fourth-order valence-electron chi connectivity index (χ4n) is 3.28. The number of aromatic amines is 1. The fraction of sp³-hybridized carbons (Fsp3) is 0.150. The molecule has 1 aromatic heterocycles. The van der Waals surface area contributed by atoms with Crippen molar-refractivity contribution in [2.24, 2.45) is 0 Å². The van der Waals surface area contributed by atoms with E-state index in [2.05, 4.69) is 4.98 Å². The summed E-state index contributed by atoms with van der Waals surface area (Å²) in [5.74, 6) is -0.933. The number of ether oxygens (including phenoxy) is 1. The number of benzene rings is 2. The molecule has 3 aromatic rings. The van der Waals surface area contributed by atoms with E-state index in [9.17, 15) is 14.4 Å². The van der Waals surface area contributed by atoms with Crippen molar-refractivity contribution in [1.82, 2.24) is 4.98 Å². The number of hydrogen-bond acceptors (Lipinski definition) is 4. The molecule has 0 amide bonds. The molecule has 0 radical (unpaired) electrons. The molecule has 2 aromatic carbocycles. The SMILES string of the molecule is CCOc1ccc2[nH]c(C3C(=O)c4ccccc4C3=O)cc(=O)c2c1. The molecule has 0 saturated heterocycles. The number of aromatic nitrogens is 1. The monoisotopic (exact) mass is 333 g/mol. The zero-order valence-corrected chi connectivity index (χ0v) is 13.5. The Balaban J connectivity index is 1.83. The number of pyridine rings is 1. The van der Waals surface area contributed by atoms with Crippen molar-refractivity contribution >= 4 is 22.5 Å². The predicted octanol–water partition coefficient (Wildman–Crippen LogP) is 3.09. The average Bonchev–Trinajstić information content (AvgIpc) is 2.87. The lowest BCUT2D eigenvalue weighted by Crippen LogP contribution is -2.17. The molecule has 0 fully saturated rings. The number of fused-ring (bicyclic) bond motifs is 2. The van der Waals surface area contributed by atoms with Gasteiger partial charge in [-0.05, 0) is 25.1 Å². The van der Waals surface area contributed by atoms with Gasteiger partial charge in [-0.25, -0.2) is 0 Å². The summed E-state index contributed by atoms with van der Waals surface area (Å²) in [5.41, 5.74) is 1.47. The first-order valence-electron chi connectivity index (χ1n) is 8.07. The third kappa shape index (κ3) is 2.36. The maximum atomic E-state index is 12.6. The molecule has 0 spiro atoms. The van der Waals surface area contributed by atoms with Crippen molar-refractivity contribution < 1.29 is 14.3 Å². The molecule has 0 saturated carbocycles. The molecule has 5 heteroatoms. The van der Waals surface area contributed by atoms with Crippen LogP contribution in [-0.4, -0.2) is 23.2 Å². The number of ketones is 2. The minimum atomic E-state index is -0.985. The topological polar surface area (TPSA) is 76.2 Å². The normalized spacial score (nSPS) is 14.1. The summed E-state index contributed by atoms with van der Waals surface area (Å²) >= 11 is 0. The Bertz CT molecular complexity index is 1050. The molecule has 0 aliphatic heterocycles. The van der Waals surface area contributed by atoms with Crippen LogP contribution in [0.5, 0.6) is 5.75 Å². The van der Waals surface area contributed by atoms with Gasteiger partial charge in [-0.2, -0.15) is 0 Å². The van der Waals surface area contributed by atoms with Crippen LogP contribution in [0.15, 0.2) is 53.3 Å². The summed E-state index contributed by atoms with van der Waals surface area (Å²) in [6.07, 6.45) is 0. The van der Waals surface area contributed by atoms with Gasteiger partial charge in [0.05, 0.1) is 6.61 Å². The van der Waals surface area contributed by atoms with Crippen LogP contribution in [0.1, 0.15) is 39.3 Å². The molecular formula is C20H15NO4. The molecule has 4 rings (SSSR count). The van der Waals surface area contributed by atoms with E-state index in [1.54, 1.807) is 42.5 Å². The van der Waals surface area contributed by atoms with Crippen LogP contribution in [0.25, 0.3) is 10.9 Å². The zero-order valence-electron chi connectivity index (χ0n) is 13.5. The lowest BCUT2D eigenvalue weighted by atomic mass is 9.98. The molecule has 1 aliphatic rings. The highest BCUT2D eigenvalue weighted by molar-refractivity contribution is 6.29. The molecule has 1 aliphatic carbocycles. The molecule has 0 unspecified atom stereocenters. The minimum absolute atomic E-state index is 0.248. The van der Waals surface area contributed by atoms with Gasteiger partial charge in [0.1, 0.15) is 11.7 Å². The molecule has 1 heterocycles. The first-order valence-corrected chi connectivity index (χ1v) is 8.07. The number of rotatable bonds is 3. The van der Waals surface area contributed by atoms with Gasteiger partial charge in [0, 0.05) is 33.8 Å². The summed E-state index contributed by atoms with van der Waals surface area (Å²) < 4.78 is 5.41. The van der Waals surface area contributed by atoms with Gasteiger partial charge in [0.25, 0.3) is 0 Å². The summed E-state index contributed by atoms with van der Waals surface area (Å²) in [6, 6.07) is 13.2. The van der Waals surface area contributed by atoms with Gasteiger partial charge in [-0.1, -0.05) is 24.3 Å². The van der Waals surface area contributed by atoms with E-state index in [4.69, 9.17) is 4.74 Å². The highest BCUT2D eigenvalue weighted by Gasteiger charge is 2.40. The summed E-state index contributed by atoms with van der Waals surface area (Å²) in [4.78, 5) is 40.8.